The van der Waals surface area contributed by atoms with Gasteiger partial charge in [0.1, 0.15) is 5.75 Å². The molecule has 0 bridgehead atoms. The van der Waals surface area contributed by atoms with E-state index in [0.29, 0.717) is 5.71 Å². The Morgan fingerprint density at radius 3 is 2.61 bits per heavy atom. The number of carbonyl (C=O) groups excluding carboxylic acids is 1. The predicted octanol–water partition coefficient (Wildman–Crippen LogP) is 2.14. The fourth-order valence-corrected chi connectivity index (χ4v) is 1.36. The highest BCUT2D eigenvalue weighted by molar-refractivity contribution is 6.00. The van der Waals surface area contributed by atoms with Crippen LogP contribution in [0.3, 0.4) is 0 Å². The molecular formula is C13H12N2O3. The number of hydrogen-bond donors (Lipinski definition) is 2. The first-order valence-corrected chi connectivity index (χ1v) is 5.34. The summed E-state index contributed by atoms with van der Waals surface area (Å²) in [5, 5.41) is 13.1. The molecule has 1 amide bonds. The first-order valence-electron chi connectivity index (χ1n) is 5.34. The van der Waals surface area contributed by atoms with Crippen molar-refractivity contribution in [3.63, 3.8) is 0 Å². The van der Waals surface area contributed by atoms with Crippen LogP contribution >= 0.6 is 0 Å². The van der Waals surface area contributed by atoms with Crippen LogP contribution in [-0.4, -0.2) is 16.7 Å². The van der Waals surface area contributed by atoms with E-state index in [2.05, 4.69) is 10.5 Å². The summed E-state index contributed by atoms with van der Waals surface area (Å²) >= 11 is 0. The van der Waals surface area contributed by atoms with Crippen molar-refractivity contribution in [2.75, 3.05) is 0 Å². The third-order valence-corrected chi connectivity index (χ3v) is 2.36. The first kappa shape index (κ1) is 11.9. The summed E-state index contributed by atoms with van der Waals surface area (Å²) in [6.07, 6.45) is 1.42. The van der Waals surface area contributed by atoms with Gasteiger partial charge in [0.15, 0.2) is 5.76 Å². The minimum absolute atomic E-state index is 0.186. The number of amides is 1. The quantitative estimate of drug-likeness (QED) is 0.641. The smallest absolute Gasteiger partial charge is 0.307 e. The number of phenolic OH excluding ortho intramolecular Hbond substituents is 1. The lowest BCUT2D eigenvalue weighted by molar-refractivity contribution is 0.0927. The summed E-state index contributed by atoms with van der Waals surface area (Å²) in [5.74, 6) is -0.0124. The van der Waals surface area contributed by atoms with Crippen LogP contribution < -0.4 is 5.43 Å². The molecule has 0 aliphatic heterocycles. The van der Waals surface area contributed by atoms with E-state index in [-0.39, 0.29) is 11.5 Å². The Bertz CT molecular complexity index is 556. The molecule has 0 aliphatic rings. The molecule has 0 saturated heterocycles. The number of hydrogen-bond acceptors (Lipinski definition) is 4. The average molecular weight is 244 g/mol. The van der Waals surface area contributed by atoms with Gasteiger partial charge in [0.2, 0.25) is 0 Å². The number of aromatic hydroxyl groups is 1. The lowest BCUT2D eigenvalue weighted by atomic mass is 10.1. The van der Waals surface area contributed by atoms with Gasteiger partial charge in [-0.2, -0.15) is 5.10 Å². The van der Waals surface area contributed by atoms with Gasteiger partial charge in [-0.1, -0.05) is 0 Å². The van der Waals surface area contributed by atoms with E-state index in [1.807, 2.05) is 0 Å². The van der Waals surface area contributed by atoms with E-state index in [1.54, 1.807) is 43.3 Å². The maximum Gasteiger partial charge on any atom is 0.307 e. The monoisotopic (exact) mass is 244 g/mol. The Balaban J connectivity index is 2.05. The highest BCUT2D eigenvalue weighted by Gasteiger charge is 2.07. The fraction of sp³-hybridized carbons (Fsp3) is 0.0769. The van der Waals surface area contributed by atoms with Crippen LogP contribution in [0.15, 0.2) is 52.2 Å². The predicted molar refractivity (Wildman–Crippen MR) is 66.5 cm³/mol. The van der Waals surface area contributed by atoms with E-state index in [9.17, 15) is 4.79 Å². The third kappa shape index (κ3) is 2.76. The van der Waals surface area contributed by atoms with E-state index >= 15 is 0 Å². The molecular weight excluding hydrogens is 232 g/mol. The number of nitrogens with one attached hydrogen (secondary N) is 1. The van der Waals surface area contributed by atoms with Crippen molar-refractivity contribution < 1.29 is 14.3 Å². The molecule has 1 heterocycles. The second kappa shape index (κ2) is 5.18. The molecule has 2 rings (SSSR count). The maximum absolute atomic E-state index is 11.5. The maximum atomic E-state index is 11.5. The lowest BCUT2D eigenvalue weighted by Gasteiger charge is -2.01. The minimum Gasteiger partial charge on any atom is -0.508 e. The summed E-state index contributed by atoms with van der Waals surface area (Å²) in [5.41, 5.74) is 3.84. The molecule has 92 valence electrons. The Labute approximate surface area is 104 Å². The second-order valence-electron chi connectivity index (χ2n) is 3.66. The van der Waals surface area contributed by atoms with Gasteiger partial charge in [-0.15, -0.1) is 0 Å². The largest absolute Gasteiger partial charge is 0.508 e. The lowest BCUT2D eigenvalue weighted by Crippen LogP contribution is -2.18. The van der Waals surface area contributed by atoms with Crippen molar-refractivity contribution in [2.24, 2.45) is 5.10 Å². The van der Waals surface area contributed by atoms with Crippen molar-refractivity contribution >= 4 is 11.6 Å². The van der Waals surface area contributed by atoms with E-state index in [4.69, 9.17) is 9.52 Å². The van der Waals surface area contributed by atoms with Gasteiger partial charge in [0.25, 0.3) is 0 Å². The number of hydrazone groups is 1. The van der Waals surface area contributed by atoms with Gasteiger partial charge < -0.3 is 9.52 Å². The average Bonchev–Trinajstić information content (AvgIpc) is 2.90. The summed E-state index contributed by atoms with van der Waals surface area (Å²) in [7, 11) is 0. The zero-order valence-corrected chi connectivity index (χ0v) is 9.75. The number of carbonyl (C=O) groups is 1. The highest BCUT2D eigenvalue weighted by atomic mass is 16.3. The van der Waals surface area contributed by atoms with Crippen LogP contribution in [-0.2, 0) is 0 Å². The van der Waals surface area contributed by atoms with Crippen molar-refractivity contribution in [3.05, 3.63) is 54.0 Å². The zero-order chi connectivity index (χ0) is 13.0. The molecule has 2 aromatic rings. The molecule has 18 heavy (non-hydrogen) atoms. The Kier molecular flexibility index (Phi) is 3.43. The van der Waals surface area contributed by atoms with Gasteiger partial charge in [-0.25, -0.2) is 5.43 Å². The molecule has 0 atom stereocenters. The van der Waals surface area contributed by atoms with Gasteiger partial charge in [0, 0.05) is 0 Å². The summed E-state index contributed by atoms with van der Waals surface area (Å²) < 4.78 is 4.93. The van der Waals surface area contributed by atoms with E-state index in [1.165, 1.54) is 6.26 Å². The van der Waals surface area contributed by atoms with Gasteiger partial charge in [-0.05, 0) is 48.9 Å². The number of nitrogens with zero attached hydrogens (tertiary/aromatic N) is 1. The van der Waals surface area contributed by atoms with Crippen molar-refractivity contribution in [1.29, 1.82) is 0 Å². The van der Waals surface area contributed by atoms with Gasteiger partial charge in [0.05, 0.1) is 12.0 Å². The molecule has 0 aliphatic carbocycles. The zero-order valence-electron chi connectivity index (χ0n) is 9.75. The second-order valence-corrected chi connectivity index (χ2v) is 3.66. The van der Waals surface area contributed by atoms with Crippen LogP contribution in [0, 0.1) is 0 Å². The SMILES string of the molecule is C/C(=N\NC(=O)c1ccco1)c1ccc(O)cc1. The summed E-state index contributed by atoms with van der Waals surface area (Å²) in [6.45, 7) is 1.76. The van der Waals surface area contributed by atoms with Crippen LogP contribution in [0.1, 0.15) is 23.0 Å². The molecule has 5 heteroatoms. The van der Waals surface area contributed by atoms with Crippen molar-refractivity contribution in [3.8, 4) is 5.75 Å². The standard InChI is InChI=1S/C13H12N2O3/c1-9(10-4-6-11(16)7-5-10)14-15-13(17)12-3-2-8-18-12/h2-8,16H,1H3,(H,15,17)/b14-9+. The molecule has 1 aromatic carbocycles. The molecule has 0 spiro atoms. The van der Waals surface area contributed by atoms with Crippen LogP contribution in [0.2, 0.25) is 0 Å². The van der Waals surface area contributed by atoms with E-state index < -0.39 is 5.91 Å². The van der Waals surface area contributed by atoms with Crippen LogP contribution in [0.4, 0.5) is 0 Å². The van der Waals surface area contributed by atoms with Gasteiger partial charge in [-0.3, -0.25) is 4.79 Å². The molecule has 5 nitrogen and oxygen atoms in total. The topological polar surface area (TPSA) is 74.8 Å². The molecule has 1 aromatic heterocycles. The summed E-state index contributed by atoms with van der Waals surface area (Å²) in [6, 6.07) is 9.73. The first-order chi connectivity index (χ1) is 8.66. The molecule has 0 unspecified atom stereocenters. The van der Waals surface area contributed by atoms with Gasteiger partial charge >= 0.3 is 5.91 Å². The van der Waals surface area contributed by atoms with E-state index in [0.717, 1.165) is 5.56 Å². The fourth-order valence-electron chi connectivity index (χ4n) is 1.36. The number of rotatable bonds is 3. The Morgan fingerprint density at radius 2 is 2.00 bits per heavy atom. The minimum atomic E-state index is -0.405. The van der Waals surface area contributed by atoms with Crippen LogP contribution in [0.25, 0.3) is 0 Å². The number of furan rings is 1. The molecule has 0 saturated carbocycles. The number of phenols is 1. The highest BCUT2D eigenvalue weighted by Crippen LogP contribution is 2.10. The summed E-state index contributed by atoms with van der Waals surface area (Å²) in [4.78, 5) is 11.5. The molecule has 0 fully saturated rings. The third-order valence-electron chi connectivity index (χ3n) is 2.36. The molecule has 0 radical (unpaired) electrons. The Morgan fingerprint density at radius 1 is 1.28 bits per heavy atom. The van der Waals surface area contributed by atoms with Crippen LogP contribution in [0.5, 0.6) is 5.75 Å². The normalized spacial score (nSPS) is 11.3. The molecule has 2 N–H and O–H groups in total. The van der Waals surface area contributed by atoms with Crippen molar-refractivity contribution in [1.82, 2.24) is 5.43 Å². The van der Waals surface area contributed by atoms with Crippen molar-refractivity contribution in [2.45, 2.75) is 6.92 Å². The Hall–Kier alpha value is -2.56. The number of benzene rings is 1.